The molecule has 1 unspecified atom stereocenters. The van der Waals surface area contributed by atoms with Crippen LogP contribution in [-0.2, 0) is 0 Å². The van der Waals surface area contributed by atoms with Crippen molar-refractivity contribution in [3.8, 4) is 0 Å². The van der Waals surface area contributed by atoms with Crippen LogP contribution in [0.5, 0.6) is 0 Å². The van der Waals surface area contributed by atoms with Crippen molar-refractivity contribution in [2.75, 3.05) is 5.32 Å². The van der Waals surface area contributed by atoms with Crippen molar-refractivity contribution >= 4 is 11.6 Å². The quantitative estimate of drug-likeness (QED) is 0.818. The maximum Gasteiger partial charge on any atom is 0.255 e. The van der Waals surface area contributed by atoms with E-state index < -0.39 is 0 Å². The zero-order valence-electron chi connectivity index (χ0n) is 11.0. The third-order valence-corrected chi connectivity index (χ3v) is 3.49. The molecule has 1 aliphatic rings. The first-order chi connectivity index (χ1) is 9.15. The Kier molecular flexibility index (Phi) is 2.75. The molecule has 1 heterocycles. The van der Waals surface area contributed by atoms with Crippen LogP contribution in [0.25, 0.3) is 0 Å². The molecule has 0 aliphatic carbocycles. The second-order valence-corrected chi connectivity index (χ2v) is 4.96. The first-order valence-electron chi connectivity index (χ1n) is 6.39. The van der Waals surface area contributed by atoms with Gasteiger partial charge in [0, 0.05) is 5.69 Å². The molecule has 0 radical (unpaired) electrons. The predicted octanol–water partition coefficient (Wildman–Crippen LogP) is 3.16. The molecule has 96 valence electrons. The normalized spacial score (nSPS) is 17.4. The fraction of sp³-hybridized carbons (Fsp3) is 0.188. The molecule has 2 aromatic carbocycles. The third kappa shape index (κ3) is 2.08. The van der Waals surface area contributed by atoms with Crippen LogP contribution in [0.2, 0.25) is 0 Å². The smallest absolute Gasteiger partial charge is 0.255 e. The van der Waals surface area contributed by atoms with E-state index in [4.69, 9.17) is 0 Å². The van der Waals surface area contributed by atoms with Gasteiger partial charge in [0.25, 0.3) is 5.91 Å². The summed E-state index contributed by atoms with van der Waals surface area (Å²) in [6.45, 7) is 4.12. The zero-order chi connectivity index (χ0) is 13.4. The van der Waals surface area contributed by atoms with Gasteiger partial charge in [0.2, 0.25) is 0 Å². The molecular weight excluding hydrogens is 236 g/mol. The summed E-state index contributed by atoms with van der Waals surface area (Å²) in [5, 5.41) is 6.39. The van der Waals surface area contributed by atoms with Gasteiger partial charge in [0.05, 0.1) is 5.56 Å². The van der Waals surface area contributed by atoms with E-state index in [1.54, 1.807) is 0 Å². The van der Waals surface area contributed by atoms with Crippen LogP contribution in [0, 0.1) is 13.8 Å². The Labute approximate surface area is 112 Å². The standard InChI is InChI=1S/C16H16N2O/c1-10-7-8-11(2)13(9-10)15-17-14-6-4-3-5-12(14)16(19)18-15/h3-9,15,17H,1-2H3,(H,18,19). The van der Waals surface area contributed by atoms with Crippen molar-refractivity contribution in [2.45, 2.75) is 20.0 Å². The van der Waals surface area contributed by atoms with Gasteiger partial charge in [0.15, 0.2) is 0 Å². The Morgan fingerprint density at radius 2 is 1.79 bits per heavy atom. The summed E-state index contributed by atoms with van der Waals surface area (Å²) in [5.74, 6) is -0.0275. The van der Waals surface area contributed by atoms with Gasteiger partial charge in [-0.3, -0.25) is 4.79 Å². The Hall–Kier alpha value is -2.29. The number of amides is 1. The zero-order valence-corrected chi connectivity index (χ0v) is 11.0. The highest BCUT2D eigenvalue weighted by molar-refractivity contribution is 6.01. The molecule has 19 heavy (non-hydrogen) atoms. The van der Waals surface area contributed by atoms with Gasteiger partial charge in [-0.15, -0.1) is 0 Å². The average molecular weight is 252 g/mol. The van der Waals surface area contributed by atoms with Crippen molar-refractivity contribution in [1.29, 1.82) is 0 Å². The van der Waals surface area contributed by atoms with Crippen molar-refractivity contribution in [3.63, 3.8) is 0 Å². The van der Waals surface area contributed by atoms with E-state index in [1.165, 1.54) is 11.1 Å². The van der Waals surface area contributed by atoms with E-state index in [1.807, 2.05) is 24.3 Å². The second-order valence-electron chi connectivity index (χ2n) is 4.96. The van der Waals surface area contributed by atoms with E-state index in [-0.39, 0.29) is 12.1 Å². The van der Waals surface area contributed by atoms with Gasteiger partial charge in [0.1, 0.15) is 6.17 Å². The van der Waals surface area contributed by atoms with Crippen LogP contribution in [0.4, 0.5) is 5.69 Å². The average Bonchev–Trinajstić information content (AvgIpc) is 2.41. The minimum Gasteiger partial charge on any atom is -0.361 e. The minimum atomic E-state index is -0.165. The lowest BCUT2D eigenvalue weighted by molar-refractivity contribution is 0.0935. The number of carbonyl (C=O) groups excluding carboxylic acids is 1. The van der Waals surface area contributed by atoms with Gasteiger partial charge in [-0.1, -0.05) is 35.9 Å². The third-order valence-electron chi connectivity index (χ3n) is 3.49. The summed E-state index contributed by atoms with van der Waals surface area (Å²) in [7, 11) is 0. The Balaban J connectivity index is 2.01. The van der Waals surface area contributed by atoms with Crippen molar-refractivity contribution < 1.29 is 4.79 Å². The van der Waals surface area contributed by atoms with Crippen LogP contribution < -0.4 is 10.6 Å². The number of nitrogens with one attached hydrogen (secondary N) is 2. The molecule has 0 fully saturated rings. The summed E-state index contributed by atoms with van der Waals surface area (Å²) in [4.78, 5) is 12.1. The van der Waals surface area contributed by atoms with Gasteiger partial charge in [-0.25, -0.2) is 0 Å². The number of benzene rings is 2. The minimum absolute atomic E-state index is 0.0275. The summed E-state index contributed by atoms with van der Waals surface area (Å²) < 4.78 is 0. The van der Waals surface area contributed by atoms with E-state index in [9.17, 15) is 4.79 Å². The number of hydrogen-bond donors (Lipinski definition) is 2. The number of fused-ring (bicyclic) bond motifs is 1. The number of carbonyl (C=O) groups is 1. The van der Waals surface area contributed by atoms with Crippen LogP contribution in [0.15, 0.2) is 42.5 Å². The molecule has 3 nitrogen and oxygen atoms in total. The summed E-state index contributed by atoms with van der Waals surface area (Å²) in [6, 6.07) is 13.9. The van der Waals surface area contributed by atoms with E-state index in [0.29, 0.717) is 5.56 Å². The number of para-hydroxylation sites is 1. The van der Waals surface area contributed by atoms with Crippen molar-refractivity contribution in [1.82, 2.24) is 5.32 Å². The summed E-state index contributed by atoms with van der Waals surface area (Å²) in [6.07, 6.45) is -0.165. The molecule has 3 rings (SSSR count). The molecule has 1 amide bonds. The van der Waals surface area contributed by atoms with Crippen LogP contribution in [0.3, 0.4) is 0 Å². The fourth-order valence-corrected chi connectivity index (χ4v) is 2.43. The number of anilines is 1. The first-order valence-corrected chi connectivity index (χ1v) is 6.39. The molecule has 0 saturated carbocycles. The largest absolute Gasteiger partial charge is 0.361 e. The summed E-state index contributed by atoms with van der Waals surface area (Å²) in [5.41, 5.74) is 5.06. The molecule has 1 atom stereocenters. The highest BCUT2D eigenvalue weighted by atomic mass is 16.2. The first kappa shape index (κ1) is 11.8. The van der Waals surface area contributed by atoms with Crippen LogP contribution in [-0.4, -0.2) is 5.91 Å². The maximum absolute atomic E-state index is 12.1. The van der Waals surface area contributed by atoms with Gasteiger partial charge in [-0.05, 0) is 37.1 Å². The van der Waals surface area contributed by atoms with Gasteiger partial charge in [-0.2, -0.15) is 0 Å². The molecule has 3 heteroatoms. The molecular formula is C16H16N2O. The maximum atomic E-state index is 12.1. The highest BCUT2D eigenvalue weighted by Crippen LogP contribution is 2.28. The molecule has 1 aliphatic heterocycles. The molecule has 2 aromatic rings. The Morgan fingerprint density at radius 1 is 1.00 bits per heavy atom. The second kappa shape index (κ2) is 4.43. The van der Waals surface area contributed by atoms with E-state index in [2.05, 4.69) is 42.7 Å². The van der Waals surface area contributed by atoms with Crippen molar-refractivity contribution in [3.05, 3.63) is 64.7 Å². The molecule has 0 saturated heterocycles. The molecule has 2 N–H and O–H groups in total. The predicted molar refractivity (Wildman–Crippen MR) is 76.2 cm³/mol. The number of hydrogen-bond acceptors (Lipinski definition) is 2. The van der Waals surface area contributed by atoms with E-state index >= 15 is 0 Å². The number of aryl methyl sites for hydroxylation is 2. The molecule has 0 spiro atoms. The SMILES string of the molecule is Cc1ccc(C)c(C2NC(=O)c3ccccc3N2)c1. The Bertz CT molecular complexity index is 649. The van der Waals surface area contributed by atoms with Crippen molar-refractivity contribution in [2.24, 2.45) is 0 Å². The summed E-state index contributed by atoms with van der Waals surface area (Å²) >= 11 is 0. The van der Waals surface area contributed by atoms with Crippen LogP contribution >= 0.6 is 0 Å². The topological polar surface area (TPSA) is 41.1 Å². The lowest BCUT2D eigenvalue weighted by Gasteiger charge is -2.29. The monoisotopic (exact) mass is 252 g/mol. The molecule has 0 aromatic heterocycles. The van der Waals surface area contributed by atoms with Crippen LogP contribution in [0.1, 0.15) is 33.2 Å². The number of rotatable bonds is 1. The Morgan fingerprint density at radius 3 is 2.63 bits per heavy atom. The van der Waals surface area contributed by atoms with E-state index in [0.717, 1.165) is 11.3 Å². The molecule has 0 bridgehead atoms. The lowest BCUT2D eigenvalue weighted by Crippen LogP contribution is -2.38. The van der Waals surface area contributed by atoms with Gasteiger partial charge < -0.3 is 10.6 Å². The fourth-order valence-electron chi connectivity index (χ4n) is 2.43. The van der Waals surface area contributed by atoms with Gasteiger partial charge >= 0.3 is 0 Å². The lowest BCUT2D eigenvalue weighted by atomic mass is 10.0. The highest BCUT2D eigenvalue weighted by Gasteiger charge is 2.24.